The van der Waals surface area contributed by atoms with E-state index in [9.17, 15) is 4.39 Å². The van der Waals surface area contributed by atoms with Gasteiger partial charge in [-0.2, -0.15) is 0 Å². The first-order valence-corrected chi connectivity index (χ1v) is 6.91. The van der Waals surface area contributed by atoms with Crippen LogP contribution in [0.15, 0.2) is 35.8 Å². The molecule has 2 aliphatic heterocycles. The van der Waals surface area contributed by atoms with Crippen molar-refractivity contribution in [2.24, 2.45) is 11.8 Å². The Morgan fingerprint density at radius 2 is 2.17 bits per heavy atom. The summed E-state index contributed by atoms with van der Waals surface area (Å²) in [5.41, 5.74) is 1.38. The number of rotatable bonds is 2. The molecule has 2 atom stereocenters. The standard InChI is InChI=1S/C15H21FN2/c1-18-6-4-11(5-7-18)8-12-10-17-15-3-2-13(16)9-14(12)15/h2-3,9-11,14-15,17H,4-8H2,1H3. The Morgan fingerprint density at radius 3 is 2.94 bits per heavy atom. The number of nitrogens with one attached hydrogen (secondary N) is 1. The summed E-state index contributed by atoms with van der Waals surface area (Å²) in [4.78, 5) is 2.39. The van der Waals surface area contributed by atoms with Gasteiger partial charge in [0.1, 0.15) is 5.83 Å². The van der Waals surface area contributed by atoms with Gasteiger partial charge in [0.2, 0.25) is 0 Å². The topological polar surface area (TPSA) is 15.3 Å². The molecule has 1 saturated heterocycles. The van der Waals surface area contributed by atoms with E-state index in [1.807, 2.05) is 6.08 Å². The molecule has 3 heteroatoms. The highest BCUT2D eigenvalue weighted by atomic mass is 19.1. The summed E-state index contributed by atoms with van der Waals surface area (Å²) in [7, 11) is 2.19. The van der Waals surface area contributed by atoms with Crippen molar-refractivity contribution < 1.29 is 4.39 Å². The molecule has 18 heavy (non-hydrogen) atoms. The first kappa shape index (κ1) is 12.0. The van der Waals surface area contributed by atoms with Gasteiger partial charge in [-0.05, 0) is 69.2 Å². The number of halogens is 1. The Kier molecular flexibility index (Phi) is 3.25. The van der Waals surface area contributed by atoms with Gasteiger partial charge < -0.3 is 10.2 Å². The second-order valence-corrected chi connectivity index (χ2v) is 5.80. The van der Waals surface area contributed by atoms with E-state index in [4.69, 9.17) is 0 Å². The summed E-state index contributed by atoms with van der Waals surface area (Å²) in [6.45, 7) is 2.40. The van der Waals surface area contributed by atoms with Crippen LogP contribution in [0, 0.1) is 11.8 Å². The summed E-state index contributed by atoms with van der Waals surface area (Å²) in [5.74, 6) is 0.930. The normalized spacial score (nSPS) is 32.8. The van der Waals surface area contributed by atoms with Gasteiger partial charge in [0, 0.05) is 5.92 Å². The highest BCUT2D eigenvalue weighted by Gasteiger charge is 2.30. The molecule has 2 heterocycles. The molecule has 0 saturated carbocycles. The van der Waals surface area contributed by atoms with Crippen molar-refractivity contribution in [2.45, 2.75) is 25.3 Å². The van der Waals surface area contributed by atoms with Crippen molar-refractivity contribution in [1.29, 1.82) is 0 Å². The average Bonchev–Trinajstić information content (AvgIpc) is 2.75. The largest absolute Gasteiger partial charge is 0.384 e. The van der Waals surface area contributed by atoms with Gasteiger partial charge in [-0.3, -0.25) is 0 Å². The summed E-state index contributed by atoms with van der Waals surface area (Å²) in [6, 6.07) is 0.283. The molecule has 0 aromatic heterocycles. The minimum Gasteiger partial charge on any atom is -0.384 e. The van der Waals surface area contributed by atoms with Gasteiger partial charge in [-0.15, -0.1) is 0 Å². The zero-order chi connectivity index (χ0) is 12.5. The number of hydrogen-bond acceptors (Lipinski definition) is 2. The molecule has 3 aliphatic rings. The van der Waals surface area contributed by atoms with E-state index in [2.05, 4.69) is 23.5 Å². The van der Waals surface area contributed by atoms with Crippen LogP contribution in [0.1, 0.15) is 19.3 Å². The molecular formula is C15H21FN2. The van der Waals surface area contributed by atoms with Crippen LogP contribution < -0.4 is 5.32 Å². The monoisotopic (exact) mass is 248 g/mol. The van der Waals surface area contributed by atoms with Gasteiger partial charge in [0.15, 0.2) is 0 Å². The van der Waals surface area contributed by atoms with Gasteiger partial charge in [0.05, 0.1) is 6.04 Å². The first-order chi connectivity index (χ1) is 8.72. The number of fused-ring (bicyclic) bond motifs is 1. The predicted molar refractivity (Wildman–Crippen MR) is 71.7 cm³/mol. The highest BCUT2D eigenvalue weighted by molar-refractivity contribution is 5.34. The summed E-state index contributed by atoms with van der Waals surface area (Å²) >= 11 is 0. The second kappa shape index (κ2) is 4.88. The smallest absolute Gasteiger partial charge is 0.119 e. The Hall–Kier alpha value is -1.09. The van der Waals surface area contributed by atoms with Crippen molar-refractivity contribution in [3.05, 3.63) is 35.8 Å². The zero-order valence-electron chi connectivity index (χ0n) is 10.9. The SMILES string of the molecule is CN1CCC(CC2=CNC3C=CC(F)=CC23)CC1. The molecule has 98 valence electrons. The molecule has 1 N–H and O–H groups in total. The van der Waals surface area contributed by atoms with Crippen LogP contribution in [0.2, 0.25) is 0 Å². The van der Waals surface area contributed by atoms with E-state index >= 15 is 0 Å². The summed E-state index contributed by atoms with van der Waals surface area (Å²) < 4.78 is 13.3. The third kappa shape index (κ3) is 2.37. The fourth-order valence-electron chi connectivity index (χ4n) is 3.24. The highest BCUT2D eigenvalue weighted by Crippen LogP contribution is 2.35. The number of allylic oxidation sites excluding steroid dienone is 2. The van der Waals surface area contributed by atoms with Crippen LogP contribution >= 0.6 is 0 Å². The molecule has 0 bridgehead atoms. The van der Waals surface area contributed by atoms with Crippen molar-refractivity contribution in [2.75, 3.05) is 20.1 Å². The van der Waals surface area contributed by atoms with Crippen molar-refractivity contribution >= 4 is 0 Å². The maximum Gasteiger partial charge on any atom is 0.119 e. The van der Waals surface area contributed by atoms with Crippen LogP contribution in [0.25, 0.3) is 0 Å². The Bertz CT molecular complexity index is 403. The van der Waals surface area contributed by atoms with Gasteiger partial charge in [-0.25, -0.2) is 4.39 Å². The van der Waals surface area contributed by atoms with Gasteiger partial charge in [0.25, 0.3) is 0 Å². The van der Waals surface area contributed by atoms with Crippen LogP contribution in [-0.2, 0) is 0 Å². The number of likely N-dealkylation sites (tertiary alicyclic amines) is 1. The van der Waals surface area contributed by atoms with E-state index in [0.29, 0.717) is 0 Å². The number of piperidine rings is 1. The quantitative estimate of drug-likeness (QED) is 0.808. The zero-order valence-corrected chi connectivity index (χ0v) is 10.9. The van der Waals surface area contributed by atoms with E-state index < -0.39 is 0 Å². The van der Waals surface area contributed by atoms with Gasteiger partial charge in [-0.1, -0.05) is 6.08 Å². The number of hydrogen-bond donors (Lipinski definition) is 1. The molecular weight excluding hydrogens is 227 g/mol. The van der Waals surface area contributed by atoms with Crippen LogP contribution in [0.4, 0.5) is 4.39 Å². The maximum absolute atomic E-state index is 13.3. The van der Waals surface area contributed by atoms with Crippen LogP contribution in [0.5, 0.6) is 0 Å². The molecule has 1 fully saturated rings. The van der Waals surface area contributed by atoms with Crippen LogP contribution in [0.3, 0.4) is 0 Å². The lowest BCUT2D eigenvalue weighted by atomic mass is 9.83. The number of nitrogens with zero attached hydrogens (tertiary/aromatic N) is 1. The lowest BCUT2D eigenvalue weighted by molar-refractivity contribution is 0.217. The van der Waals surface area contributed by atoms with E-state index in [0.717, 1.165) is 12.3 Å². The third-order valence-electron chi connectivity index (χ3n) is 4.44. The summed E-state index contributed by atoms with van der Waals surface area (Å²) in [5, 5.41) is 3.36. The maximum atomic E-state index is 13.3. The minimum absolute atomic E-state index is 0.0887. The fraction of sp³-hybridized carbons (Fsp3) is 0.600. The Balaban J connectivity index is 1.62. The van der Waals surface area contributed by atoms with E-state index in [-0.39, 0.29) is 17.8 Å². The average molecular weight is 248 g/mol. The van der Waals surface area contributed by atoms with E-state index in [1.165, 1.54) is 31.5 Å². The molecule has 0 amide bonds. The molecule has 2 nitrogen and oxygen atoms in total. The predicted octanol–water partition coefficient (Wildman–Crippen LogP) is 2.61. The summed E-state index contributed by atoms with van der Waals surface area (Å²) in [6.07, 6.45) is 11.1. The van der Waals surface area contributed by atoms with E-state index in [1.54, 1.807) is 12.2 Å². The lowest BCUT2D eigenvalue weighted by Crippen LogP contribution is -2.31. The molecule has 2 unspecified atom stereocenters. The Labute approximate surface area is 108 Å². The molecule has 0 aromatic carbocycles. The molecule has 0 spiro atoms. The second-order valence-electron chi connectivity index (χ2n) is 5.80. The molecule has 0 aromatic rings. The van der Waals surface area contributed by atoms with Crippen molar-refractivity contribution in [3.8, 4) is 0 Å². The van der Waals surface area contributed by atoms with Crippen molar-refractivity contribution in [1.82, 2.24) is 10.2 Å². The minimum atomic E-state index is -0.0887. The third-order valence-corrected chi connectivity index (χ3v) is 4.44. The van der Waals surface area contributed by atoms with Crippen LogP contribution in [-0.4, -0.2) is 31.1 Å². The Morgan fingerprint density at radius 1 is 1.39 bits per heavy atom. The molecule has 1 aliphatic carbocycles. The molecule has 0 radical (unpaired) electrons. The fourth-order valence-corrected chi connectivity index (χ4v) is 3.24. The lowest BCUT2D eigenvalue weighted by Gasteiger charge is -2.30. The van der Waals surface area contributed by atoms with Gasteiger partial charge >= 0.3 is 0 Å². The first-order valence-electron chi connectivity index (χ1n) is 6.91. The van der Waals surface area contributed by atoms with Crippen molar-refractivity contribution in [3.63, 3.8) is 0 Å². The molecule has 3 rings (SSSR count).